The zero-order chi connectivity index (χ0) is 19.3. The highest BCUT2D eigenvalue weighted by atomic mass is 35.5. The minimum Gasteiger partial charge on any atom is -0.378 e. The van der Waals surface area contributed by atoms with Crippen molar-refractivity contribution in [3.05, 3.63) is 65.2 Å². The number of piperazine rings is 1. The van der Waals surface area contributed by atoms with Crippen LogP contribution in [0.3, 0.4) is 0 Å². The van der Waals surface area contributed by atoms with E-state index in [9.17, 15) is 4.79 Å². The molecule has 2 saturated heterocycles. The SMILES string of the molecule is O=C([C@@H](c1ccccc1)N1CCN(c2cccc(Cl)c2)CC1)N1CCOCC1. The normalized spacial score (nSPS) is 19.5. The highest BCUT2D eigenvalue weighted by molar-refractivity contribution is 6.30. The molecule has 1 amide bonds. The van der Waals surface area contributed by atoms with Crippen molar-refractivity contribution >= 4 is 23.2 Å². The molecule has 2 aromatic carbocycles. The van der Waals surface area contributed by atoms with Gasteiger partial charge in [-0.05, 0) is 23.8 Å². The Morgan fingerprint density at radius 2 is 1.61 bits per heavy atom. The number of amides is 1. The Hall–Kier alpha value is -2.08. The number of morpholine rings is 1. The van der Waals surface area contributed by atoms with Gasteiger partial charge in [0.15, 0.2) is 0 Å². The molecule has 0 aliphatic carbocycles. The molecule has 0 aromatic heterocycles. The quantitative estimate of drug-likeness (QED) is 0.791. The zero-order valence-corrected chi connectivity index (χ0v) is 16.7. The lowest BCUT2D eigenvalue weighted by Crippen LogP contribution is -2.53. The van der Waals surface area contributed by atoms with Gasteiger partial charge in [0.05, 0.1) is 13.2 Å². The standard InChI is InChI=1S/C22H26ClN3O2/c23-19-7-4-8-20(17-19)24-9-11-25(12-10-24)21(18-5-2-1-3-6-18)22(27)26-13-15-28-16-14-26/h1-8,17,21H,9-16H2/t21-/m1/s1. The molecule has 5 nitrogen and oxygen atoms in total. The third-order valence-corrected chi connectivity index (χ3v) is 5.76. The number of carbonyl (C=O) groups is 1. The Morgan fingerprint density at radius 3 is 2.29 bits per heavy atom. The molecule has 2 fully saturated rings. The van der Waals surface area contributed by atoms with E-state index in [-0.39, 0.29) is 11.9 Å². The Labute approximate surface area is 171 Å². The van der Waals surface area contributed by atoms with Crippen LogP contribution in [0.4, 0.5) is 5.69 Å². The minimum absolute atomic E-state index is 0.186. The molecule has 4 rings (SSSR count). The number of anilines is 1. The van der Waals surface area contributed by atoms with Gasteiger partial charge in [-0.1, -0.05) is 48.0 Å². The summed E-state index contributed by atoms with van der Waals surface area (Å²) in [6, 6.07) is 17.9. The fourth-order valence-corrected chi connectivity index (χ4v) is 4.20. The smallest absolute Gasteiger partial charge is 0.244 e. The number of halogens is 1. The van der Waals surface area contributed by atoms with Crippen molar-refractivity contribution in [3.8, 4) is 0 Å². The van der Waals surface area contributed by atoms with E-state index in [0.29, 0.717) is 26.3 Å². The summed E-state index contributed by atoms with van der Waals surface area (Å²) in [6.07, 6.45) is 0. The molecule has 6 heteroatoms. The monoisotopic (exact) mass is 399 g/mol. The van der Waals surface area contributed by atoms with E-state index in [0.717, 1.165) is 42.5 Å². The summed E-state index contributed by atoms with van der Waals surface area (Å²) in [5, 5.41) is 0.754. The second-order valence-corrected chi connectivity index (χ2v) is 7.69. The summed E-state index contributed by atoms with van der Waals surface area (Å²) < 4.78 is 5.43. The van der Waals surface area contributed by atoms with Gasteiger partial charge in [-0.15, -0.1) is 0 Å². The average Bonchev–Trinajstić information content (AvgIpc) is 2.76. The van der Waals surface area contributed by atoms with Crippen LogP contribution < -0.4 is 4.90 Å². The summed E-state index contributed by atoms with van der Waals surface area (Å²) in [6.45, 7) is 6.01. The highest BCUT2D eigenvalue weighted by Crippen LogP contribution is 2.27. The van der Waals surface area contributed by atoms with E-state index in [1.807, 2.05) is 41.3 Å². The number of nitrogens with zero attached hydrogens (tertiary/aromatic N) is 3. The first-order valence-electron chi connectivity index (χ1n) is 9.88. The van der Waals surface area contributed by atoms with Crippen molar-refractivity contribution in [1.82, 2.24) is 9.80 Å². The summed E-state index contributed by atoms with van der Waals surface area (Å²) in [4.78, 5) is 20.0. The summed E-state index contributed by atoms with van der Waals surface area (Å²) >= 11 is 6.15. The number of hydrogen-bond donors (Lipinski definition) is 0. The predicted molar refractivity (Wildman–Crippen MR) is 112 cm³/mol. The van der Waals surface area contributed by atoms with Crippen LogP contribution in [0, 0.1) is 0 Å². The lowest BCUT2D eigenvalue weighted by Gasteiger charge is -2.41. The molecule has 2 aromatic rings. The molecule has 1 atom stereocenters. The topological polar surface area (TPSA) is 36.0 Å². The van der Waals surface area contributed by atoms with Gasteiger partial charge in [0.2, 0.25) is 5.91 Å². The molecule has 148 valence electrons. The third-order valence-electron chi connectivity index (χ3n) is 5.52. The summed E-state index contributed by atoms with van der Waals surface area (Å²) in [5.41, 5.74) is 2.21. The maximum atomic E-state index is 13.4. The van der Waals surface area contributed by atoms with Crippen LogP contribution in [0.5, 0.6) is 0 Å². The van der Waals surface area contributed by atoms with Crippen LogP contribution in [0.15, 0.2) is 54.6 Å². The van der Waals surface area contributed by atoms with E-state index in [1.165, 1.54) is 0 Å². The molecule has 2 aliphatic heterocycles. The molecular weight excluding hydrogens is 374 g/mol. The van der Waals surface area contributed by atoms with E-state index >= 15 is 0 Å². The van der Waals surface area contributed by atoms with Crippen molar-refractivity contribution in [1.29, 1.82) is 0 Å². The van der Waals surface area contributed by atoms with Gasteiger partial charge < -0.3 is 14.5 Å². The second-order valence-electron chi connectivity index (χ2n) is 7.25. The molecule has 0 N–H and O–H groups in total. The van der Waals surface area contributed by atoms with Gasteiger partial charge in [0, 0.05) is 50.0 Å². The lowest BCUT2D eigenvalue weighted by atomic mass is 10.0. The Kier molecular flexibility index (Phi) is 6.15. The first kappa shape index (κ1) is 19.2. The van der Waals surface area contributed by atoms with Crippen molar-refractivity contribution < 1.29 is 9.53 Å². The van der Waals surface area contributed by atoms with Gasteiger partial charge >= 0.3 is 0 Å². The Balaban J connectivity index is 1.50. The van der Waals surface area contributed by atoms with Gasteiger partial charge in [0.25, 0.3) is 0 Å². The molecular formula is C22H26ClN3O2. The average molecular weight is 400 g/mol. The van der Waals surface area contributed by atoms with Gasteiger partial charge in [-0.3, -0.25) is 9.69 Å². The summed E-state index contributed by atoms with van der Waals surface area (Å²) in [7, 11) is 0. The number of hydrogen-bond acceptors (Lipinski definition) is 4. The molecule has 0 saturated carbocycles. The Bertz CT molecular complexity index is 787. The predicted octanol–water partition coefficient (Wildman–Crippen LogP) is 3.06. The maximum absolute atomic E-state index is 13.4. The molecule has 0 bridgehead atoms. The van der Waals surface area contributed by atoms with Crippen LogP contribution in [0.1, 0.15) is 11.6 Å². The van der Waals surface area contributed by atoms with Gasteiger partial charge in [-0.25, -0.2) is 0 Å². The summed E-state index contributed by atoms with van der Waals surface area (Å²) in [5.74, 6) is 0.186. The van der Waals surface area contributed by atoms with Crippen molar-refractivity contribution in [2.45, 2.75) is 6.04 Å². The minimum atomic E-state index is -0.235. The number of rotatable bonds is 4. The largest absolute Gasteiger partial charge is 0.378 e. The van der Waals surface area contributed by atoms with Crippen LogP contribution >= 0.6 is 11.6 Å². The molecule has 0 radical (unpaired) electrons. The fraction of sp³-hybridized carbons (Fsp3) is 0.409. The van der Waals surface area contributed by atoms with Gasteiger partial charge in [-0.2, -0.15) is 0 Å². The highest BCUT2D eigenvalue weighted by Gasteiger charge is 2.33. The molecule has 0 spiro atoms. The molecule has 2 heterocycles. The zero-order valence-electron chi connectivity index (χ0n) is 16.0. The van der Waals surface area contributed by atoms with E-state index in [4.69, 9.17) is 16.3 Å². The van der Waals surface area contributed by atoms with Crippen LogP contribution in [-0.2, 0) is 9.53 Å². The lowest BCUT2D eigenvalue weighted by molar-refractivity contribution is -0.141. The maximum Gasteiger partial charge on any atom is 0.244 e. The molecule has 0 unspecified atom stereocenters. The third kappa shape index (κ3) is 4.32. The molecule has 28 heavy (non-hydrogen) atoms. The molecule has 2 aliphatic rings. The van der Waals surface area contributed by atoms with E-state index in [2.05, 4.69) is 28.0 Å². The first-order chi connectivity index (χ1) is 13.7. The second kappa shape index (κ2) is 8.95. The van der Waals surface area contributed by atoms with Crippen molar-refractivity contribution in [3.63, 3.8) is 0 Å². The van der Waals surface area contributed by atoms with Crippen LogP contribution in [0.2, 0.25) is 5.02 Å². The number of benzene rings is 2. The number of ether oxygens (including phenoxy) is 1. The van der Waals surface area contributed by atoms with Crippen molar-refractivity contribution in [2.75, 3.05) is 57.4 Å². The Morgan fingerprint density at radius 1 is 0.893 bits per heavy atom. The first-order valence-corrected chi connectivity index (χ1v) is 10.3. The fourth-order valence-electron chi connectivity index (χ4n) is 4.01. The van der Waals surface area contributed by atoms with E-state index < -0.39 is 0 Å². The van der Waals surface area contributed by atoms with Crippen LogP contribution in [0.25, 0.3) is 0 Å². The number of carbonyl (C=O) groups excluding carboxylic acids is 1. The van der Waals surface area contributed by atoms with Crippen molar-refractivity contribution in [2.24, 2.45) is 0 Å². The van der Waals surface area contributed by atoms with E-state index in [1.54, 1.807) is 0 Å². The van der Waals surface area contributed by atoms with Gasteiger partial charge in [0.1, 0.15) is 6.04 Å². The van der Waals surface area contributed by atoms with Crippen LogP contribution in [-0.4, -0.2) is 68.2 Å².